The molecule has 0 heterocycles. The van der Waals surface area contributed by atoms with Gasteiger partial charge in [-0.25, -0.2) is 8.42 Å². The lowest BCUT2D eigenvalue weighted by Crippen LogP contribution is -2.39. The van der Waals surface area contributed by atoms with Gasteiger partial charge in [0.25, 0.3) is 0 Å². The third-order valence-corrected chi connectivity index (χ3v) is 3.96. The van der Waals surface area contributed by atoms with Crippen LogP contribution in [0.4, 0.5) is 0 Å². The van der Waals surface area contributed by atoms with Crippen LogP contribution >= 0.6 is 0 Å². The molecule has 0 radical (unpaired) electrons. The van der Waals surface area contributed by atoms with Crippen LogP contribution in [0.25, 0.3) is 0 Å². The molecule has 1 fully saturated rings. The standard InChI is InChI=1S/C8H16N2O3S/c1-3-14(12,13)10(2)6-8(11)9-7-4-5-7/h7H,3-6H2,1-2H3,(H,9,11). The summed E-state index contributed by atoms with van der Waals surface area (Å²) >= 11 is 0. The molecule has 0 aliphatic heterocycles. The van der Waals surface area contributed by atoms with Crippen LogP contribution in [-0.4, -0.2) is 44.0 Å². The summed E-state index contributed by atoms with van der Waals surface area (Å²) in [6.07, 6.45) is 2.02. The van der Waals surface area contributed by atoms with Gasteiger partial charge in [-0.1, -0.05) is 0 Å². The van der Waals surface area contributed by atoms with E-state index in [0.717, 1.165) is 17.1 Å². The Balaban J connectivity index is 2.38. The summed E-state index contributed by atoms with van der Waals surface area (Å²) in [4.78, 5) is 11.2. The number of hydrogen-bond acceptors (Lipinski definition) is 3. The lowest BCUT2D eigenvalue weighted by atomic mass is 10.5. The minimum atomic E-state index is -3.24. The predicted molar refractivity (Wildman–Crippen MR) is 53.3 cm³/mol. The molecule has 0 atom stereocenters. The molecule has 1 saturated carbocycles. The van der Waals surface area contributed by atoms with Crippen LogP contribution in [0.2, 0.25) is 0 Å². The van der Waals surface area contributed by atoms with Gasteiger partial charge >= 0.3 is 0 Å². The largest absolute Gasteiger partial charge is 0.352 e. The molecule has 0 saturated heterocycles. The molecule has 0 unspecified atom stereocenters. The number of rotatable bonds is 5. The van der Waals surface area contributed by atoms with E-state index in [4.69, 9.17) is 0 Å². The average molecular weight is 220 g/mol. The van der Waals surface area contributed by atoms with Gasteiger partial charge in [-0.3, -0.25) is 4.79 Å². The first kappa shape index (κ1) is 11.5. The number of nitrogens with zero attached hydrogens (tertiary/aromatic N) is 1. The molecule has 14 heavy (non-hydrogen) atoms. The molecule has 1 aliphatic rings. The first-order chi connectivity index (χ1) is 6.45. The number of sulfonamides is 1. The summed E-state index contributed by atoms with van der Waals surface area (Å²) in [5, 5.41) is 2.74. The van der Waals surface area contributed by atoms with Crippen LogP contribution in [-0.2, 0) is 14.8 Å². The summed E-state index contributed by atoms with van der Waals surface area (Å²) in [5.41, 5.74) is 0. The fraction of sp³-hybridized carbons (Fsp3) is 0.875. The second-order valence-corrected chi connectivity index (χ2v) is 5.86. The first-order valence-corrected chi connectivity index (χ1v) is 6.30. The highest BCUT2D eigenvalue weighted by Gasteiger charge is 2.25. The highest BCUT2D eigenvalue weighted by molar-refractivity contribution is 7.89. The second-order valence-electron chi connectivity index (χ2n) is 3.50. The minimum absolute atomic E-state index is 0.0280. The third kappa shape index (κ3) is 3.26. The molecule has 0 spiro atoms. The molecule has 0 aromatic rings. The Morgan fingerprint density at radius 1 is 1.50 bits per heavy atom. The predicted octanol–water partition coefficient (Wildman–Crippen LogP) is -0.453. The molecule has 0 aromatic heterocycles. The smallest absolute Gasteiger partial charge is 0.235 e. The van der Waals surface area contributed by atoms with E-state index in [0.29, 0.717) is 0 Å². The Bertz CT molecular complexity index is 309. The van der Waals surface area contributed by atoms with Crippen LogP contribution in [0.1, 0.15) is 19.8 Å². The normalized spacial score (nSPS) is 17.1. The molecule has 82 valence electrons. The molecular formula is C8H16N2O3S. The fourth-order valence-electron chi connectivity index (χ4n) is 1.02. The zero-order chi connectivity index (χ0) is 10.8. The highest BCUT2D eigenvalue weighted by Crippen LogP contribution is 2.18. The topological polar surface area (TPSA) is 66.5 Å². The molecule has 0 aromatic carbocycles. The van der Waals surface area contributed by atoms with E-state index in [-0.39, 0.29) is 24.2 Å². The maximum Gasteiger partial charge on any atom is 0.235 e. The van der Waals surface area contributed by atoms with Gasteiger partial charge in [0.1, 0.15) is 0 Å². The lowest BCUT2D eigenvalue weighted by molar-refractivity contribution is -0.121. The number of carbonyl (C=O) groups is 1. The van der Waals surface area contributed by atoms with Crippen LogP contribution in [0.15, 0.2) is 0 Å². The number of likely N-dealkylation sites (N-methyl/N-ethyl adjacent to an activating group) is 1. The van der Waals surface area contributed by atoms with Crippen LogP contribution in [0.5, 0.6) is 0 Å². The van der Waals surface area contributed by atoms with Crippen LogP contribution in [0.3, 0.4) is 0 Å². The van der Waals surface area contributed by atoms with E-state index in [9.17, 15) is 13.2 Å². The van der Waals surface area contributed by atoms with Gasteiger partial charge < -0.3 is 5.32 Å². The number of nitrogens with one attached hydrogen (secondary N) is 1. The lowest BCUT2D eigenvalue weighted by Gasteiger charge is -2.15. The fourth-order valence-corrected chi connectivity index (χ4v) is 1.78. The summed E-state index contributed by atoms with van der Waals surface area (Å²) in [6.45, 7) is 1.48. The third-order valence-electron chi connectivity index (χ3n) is 2.15. The van der Waals surface area contributed by atoms with Crippen molar-refractivity contribution in [3.05, 3.63) is 0 Å². The Kier molecular flexibility index (Phi) is 3.49. The van der Waals surface area contributed by atoms with E-state index in [2.05, 4.69) is 5.32 Å². The van der Waals surface area contributed by atoms with Crippen molar-refractivity contribution in [2.45, 2.75) is 25.8 Å². The van der Waals surface area contributed by atoms with Gasteiger partial charge in [0.05, 0.1) is 12.3 Å². The zero-order valence-corrected chi connectivity index (χ0v) is 9.30. The van der Waals surface area contributed by atoms with E-state index >= 15 is 0 Å². The Labute approximate surface area is 84.5 Å². The SMILES string of the molecule is CCS(=O)(=O)N(C)CC(=O)NC1CC1. The summed E-state index contributed by atoms with van der Waals surface area (Å²) in [7, 11) is -1.81. The Morgan fingerprint density at radius 2 is 2.07 bits per heavy atom. The van der Waals surface area contributed by atoms with E-state index < -0.39 is 10.0 Å². The molecule has 6 heteroatoms. The van der Waals surface area contributed by atoms with Crippen molar-refractivity contribution in [2.24, 2.45) is 0 Å². The molecule has 1 rings (SSSR count). The second kappa shape index (κ2) is 4.27. The van der Waals surface area contributed by atoms with Gasteiger partial charge in [-0.05, 0) is 19.8 Å². The molecule has 0 bridgehead atoms. The summed E-state index contributed by atoms with van der Waals surface area (Å²) in [5.74, 6) is -0.188. The molecular weight excluding hydrogens is 204 g/mol. The Hall–Kier alpha value is -0.620. The molecule has 1 aliphatic carbocycles. The number of hydrogen-bond donors (Lipinski definition) is 1. The van der Waals surface area contributed by atoms with Crippen molar-refractivity contribution in [2.75, 3.05) is 19.3 Å². The summed E-state index contributed by atoms with van der Waals surface area (Å²) < 4.78 is 23.7. The quantitative estimate of drug-likeness (QED) is 0.682. The maximum absolute atomic E-state index is 11.3. The van der Waals surface area contributed by atoms with Crippen molar-refractivity contribution in [3.8, 4) is 0 Å². The molecule has 1 N–H and O–H groups in total. The van der Waals surface area contributed by atoms with Gasteiger partial charge in [-0.15, -0.1) is 0 Å². The van der Waals surface area contributed by atoms with Crippen molar-refractivity contribution >= 4 is 15.9 Å². The van der Waals surface area contributed by atoms with E-state index in [1.807, 2.05) is 0 Å². The monoisotopic (exact) mass is 220 g/mol. The first-order valence-electron chi connectivity index (χ1n) is 4.69. The van der Waals surface area contributed by atoms with Crippen molar-refractivity contribution in [1.82, 2.24) is 9.62 Å². The van der Waals surface area contributed by atoms with Gasteiger partial charge in [0.2, 0.25) is 15.9 Å². The van der Waals surface area contributed by atoms with Crippen molar-refractivity contribution < 1.29 is 13.2 Å². The zero-order valence-electron chi connectivity index (χ0n) is 8.49. The highest BCUT2D eigenvalue weighted by atomic mass is 32.2. The molecule has 5 nitrogen and oxygen atoms in total. The maximum atomic E-state index is 11.3. The van der Waals surface area contributed by atoms with Crippen LogP contribution < -0.4 is 5.32 Å². The van der Waals surface area contributed by atoms with Crippen LogP contribution in [0, 0.1) is 0 Å². The van der Waals surface area contributed by atoms with Crippen molar-refractivity contribution in [3.63, 3.8) is 0 Å². The van der Waals surface area contributed by atoms with Gasteiger partial charge in [0.15, 0.2) is 0 Å². The summed E-state index contributed by atoms with van der Waals surface area (Å²) in [6, 6.07) is 0.278. The van der Waals surface area contributed by atoms with Gasteiger partial charge in [-0.2, -0.15) is 4.31 Å². The van der Waals surface area contributed by atoms with E-state index in [1.54, 1.807) is 6.92 Å². The van der Waals surface area contributed by atoms with Gasteiger partial charge in [0, 0.05) is 13.1 Å². The Morgan fingerprint density at radius 3 is 2.50 bits per heavy atom. The van der Waals surface area contributed by atoms with E-state index in [1.165, 1.54) is 7.05 Å². The van der Waals surface area contributed by atoms with Crippen molar-refractivity contribution in [1.29, 1.82) is 0 Å². The minimum Gasteiger partial charge on any atom is -0.352 e. The number of carbonyl (C=O) groups excluding carboxylic acids is 1. The average Bonchev–Trinajstić information content (AvgIpc) is 2.88. The molecule has 1 amide bonds. The number of amides is 1.